The number of anilines is 1. The van der Waals surface area contributed by atoms with Crippen LogP contribution >= 0.6 is 0 Å². The summed E-state index contributed by atoms with van der Waals surface area (Å²) < 4.78 is 7.19. The van der Waals surface area contributed by atoms with E-state index in [4.69, 9.17) is 4.74 Å². The van der Waals surface area contributed by atoms with Crippen molar-refractivity contribution < 1.29 is 4.74 Å². The number of pyridine rings is 1. The van der Waals surface area contributed by atoms with Gasteiger partial charge in [-0.15, -0.1) is 0 Å². The maximum absolute atomic E-state index is 5.23. The normalized spacial score (nSPS) is 10.8. The standard InChI is InChI=1S/C14H15N5O/c1-18(2)12-10(5-4-6-15-12)11-9-17-13-14(20-3)16-7-8-19(11)13/h4-9H,1-3H3. The highest BCUT2D eigenvalue weighted by Crippen LogP contribution is 2.29. The lowest BCUT2D eigenvalue weighted by Gasteiger charge is -2.15. The molecule has 0 saturated heterocycles. The van der Waals surface area contributed by atoms with Crippen LogP contribution in [-0.4, -0.2) is 40.6 Å². The second kappa shape index (κ2) is 4.80. The Morgan fingerprint density at radius 2 is 2.00 bits per heavy atom. The summed E-state index contributed by atoms with van der Waals surface area (Å²) >= 11 is 0. The monoisotopic (exact) mass is 269 g/mol. The Balaban J connectivity index is 2.26. The SMILES string of the molecule is COc1nccn2c(-c3cccnc3N(C)C)cnc12. The van der Waals surface area contributed by atoms with E-state index in [2.05, 4.69) is 15.0 Å². The summed E-state index contributed by atoms with van der Waals surface area (Å²) in [5.74, 6) is 1.40. The molecule has 3 aromatic rings. The van der Waals surface area contributed by atoms with Gasteiger partial charge in [0.1, 0.15) is 5.82 Å². The number of hydrogen-bond acceptors (Lipinski definition) is 5. The van der Waals surface area contributed by atoms with Crippen molar-refractivity contribution in [2.24, 2.45) is 0 Å². The summed E-state index contributed by atoms with van der Waals surface area (Å²) in [6, 6.07) is 3.94. The molecule has 0 aliphatic rings. The summed E-state index contributed by atoms with van der Waals surface area (Å²) in [5, 5.41) is 0. The van der Waals surface area contributed by atoms with E-state index in [9.17, 15) is 0 Å². The van der Waals surface area contributed by atoms with E-state index in [-0.39, 0.29) is 0 Å². The fraction of sp³-hybridized carbons (Fsp3) is 0.214. The van der Waals surface area contributed by atoms with Gasteiger partial charge in [0.15, 0.2) is 0 Å². The minimum absolute atomic E-state index is 0.508. The first-order chi connectivity index (χ1) is 9.72. The van der Waals surface area contributed by atoms with Crippen LogP contribution in [0.3, 0.4) is 0 Å². The van der Waals surface area contributed by atoms with E-state index in [1.54, 1.807) is 19.5 Å². The lowest BCUT2D eigenvalue weighted by molar-refractivity contribution is 0.400. The number of rotatable bonds is 3. The zero-order chi connectivity index (χ0) is 14.1. The Labute approximate surface area is 116 Å². The van der Waals surface area contributed by atoms with Crippen molar-refractivity contribution in [3.05, 3.63) is 36.9 Å². The van der Waals surface area contributed by atoms with Crippen molar-refractivity contribution in [1.29, 1.82) is 0 Å². The summed E-state index contributed by atoms with van der Waals surface area (Å²) in [4.78, 5) is 15.0. The zero-order valence-corrected chi connectivity index (χ0v) is 11.6. The van der Waals surface area contributed by atoms with Crippen LogP contribution in [0.5, 0.6) is 5.88 Å². The number of fused-ring (bicyclic) bond motifs is 1. The Morgan fingerprint density at radius 1 is 1.15 bits per heavy atom. The molecule has 20 heavy (non-hydrogen) atoms. The second-order valence-electron chi connectivity index (χ2n) is 4.54. The van der Waals surface area contributed by atoms with Crippen LogP contribution in [-0.2, 0) is 0 Å². The molecule has 0 aliphatic carbocycles. The third-order valence-corrected chi connectivity index (χ3v) is 3.08. The first-order valence-corrected chi connectivity index (χ1v) is 6.21. The topological polar surface area (TPSA) is 55.6 Å². The molecule has 3 rings (SSSR count). The van der Waals surface area contributed by atoms with Gasteiger partial charge in [-0.1, -0.05) is 0 Å². The van der Waals surface area contributed by atoms with Crippen molar-refractivity contribution in [3.63, 3.8) is 0 Å². The van der Waals surface area contributed by atoms with Gasteiger partial charge in [0, 0.05) is 38.2 Å². The molecule has 0 spiro atoms. The van der Waals surface area contributed by atoms with Crippen LogP contribution in [0.25, 0.3) is 16.9 Å². The Hall–Kier alpha value is -2.63. The van der Waals surface area contributed by atoms with Crippen molar-refractivity contribution in [2.45, 2.75) is 0 Å². The van der Waals surface area contributed by atoms with Gasteiger partial charge in [-0.25, -0.2) is 15.0 Å². The molecule has 0 fully saturated rings. The molecule has 0 bridgehead atoms. The van der Waals surface area contributed by atoms with E-state index < -0.39 is 0 Å². The van der Waals surface area contributed by atoms with E-state index in [0.717, 1.165) is 17.1 Å². The minimum atomic E-state index is 0.508. The lowest BCUT2D eigenvalue weighted by Crippen LogP contribution is -2.12. The first kappa shape index (κ1) is 12.4. The van der Waals surface area contributed by atoms with Gasteiger partial charge in [-0.2, -0.15) is 0 Å². The van der Waals surface area contributed by atoms with E-state index in [1.807, 2.05) is 47.9 Å². The number of ether oxygens (including phenoxy) is 1. The molecule has 0 aliphatic heterocycles. The van der Waals surface area contributed by atoms with Gasteiger partial charge in [0.2, 0.25) is 5.65 Å². The molecule has 0 saturated carbocycles. The van der Waals surface area contributed by atoms with Crippen LogP contribution < -0.4 is 9.64 Å². The maximum Gasteiger partial charge on any atom is 0.258 e. The van der Waals surface area contributed by atoms with Crippen molar-refractivity contribution >= 4 is 11.5 Å². The summed E-state index contributed by atoms with van der Waals surface area (Å²) in [5.41, 5.74) is 2.66. The lowest BCUT2D eigenvalue weighted by atomic mass is 10.2. The largest absolute Gasteiger partial charge is 0.478 e. The molecular formula is C14H15N5O. The number of nitrogens with zero attached hydrogens (tertiary/aromatic N) is 5. The van der Waals surface area contributed by atoms with Crippen LogP contribution in [0.4, 0.5) is 5.82 Å². The molecule has 0 unspecified atom stereocenters. The van der Waals surface area contributed by atoms with Crippen LogP contribution in [0.2, 0.25) is 0 Å². The molecule has 102 valence electrons. The highest BCUT2D eigenvalue weighted by Gasteiger charge is 2.14. The average Bonchev–Trinajstić information content (AvgIpc) is 2.90. The van der Waals surface area contributed by atoms with E-state index in [1.165, 1.54) is 0 Å². The maximum atomic E-state index is 5.23. The predicted molar refractivity (Wildman–Crippen MR) is 77.1 cm³/mol. The average molecular weight is 269 g/mol. The molecule has 6 nitrogen and oxygen atoms in total. The molecule has 0 amide bonds. The van der Waals surface area contributed by atoms with Gasteiger partial charge >= 0.3 is 0 Å². The van der Waals surface area contributed by atoms with Gasteiger partial charge in [-0.05, 0) is 12.1 Å². The molecule has 3 aromatic heterocycles. The van der Waals surface area contributed by atoms with Gasteiger partial charge in [0.25, 0.3) is 5.88 Å². The molecule has 3 heterocycles. The summed E-state index contributed by atoms with van der Waals surface area (Å²) in [6.07, 6.45) is 7.16. The van der Waals surface area contributed by atoms with Crippen LogP contribution in [0, 0.1) is 0 Å². The van der Waals surface area contributed by atoms with Crippen molar-refractivity contribution in [2.75, 3.05) is 26.1 Å². The van der Waals surface area contributed by atoms with Gasteiger partial charge in [0.05, 0.1) is 19.0 Å². The first-order valence-electron chi connectivity index (χ1n) is 6.21. The van der Waals surface area contributed by atoms with Crippen LogP contribution in [0.1, 0.15) is 0 Å². The highest BCUT2D eigenvalue weighted by molar-refractivity contribution is 5.75. The molecule has 0 N–H and O–H groups in total. The number of imidazole rings is 1. The highest BCUT2D eigenvalue weighted by atomic mass is 16.5. The fourth-order valence-corrected chi connectivity index (χ4v) is 2.19. The number of methoxy groups -OCH3 is 1. The van der Waals surface area contributed by atoms with Crippen molar-refractivity contribution in [3.8, 4) is 17.1 Å². The van der Waals surface area contributed by atoms with Crippen molar-refractivity contribution in [1.82, 2.24) is 19.4 Å². The fourth-order valence-electron chi connectivity index (χ4n) is 2.19. The second-order valence-corrected chi connectivity index (χ2v) is 4.54. The quantitative estimate of drug-likeness (QED) is 0.726. The van der Waals surface area contributed by atoms with Gasteiger partial charge < -0.3 is 9.64 Å². The molecule has 0 atom stereocenters. The van der Waals surface area contributed by atoms with Gasteiger partial charge in [-0.3, -0.25) is 4.40 Å². The zero-order valence-electron chi connectivity index (χ0n) is 11.6. The van der Waals surface area contributed by atoms with E-state index in [0.29, 0.717) is 11.5 Å². The Bertz CT molecular complexity index is 750. The third-order valence-electron chi connectivity index (χ3n) is 3.08. The smallest absolute Gasteiger partial charge is 0.258 e. The summed E-state index contributed by atoms with van der Waals surface area (Å²) in [6.45, 7) is 0. The Kier molecular flexibility index (Phi) is 2.98. The predicted octanol–water partition coefficient (Wildman–Crippen LogP) is 1.87. The summed E-state index contributed by atoms with van der Waals surface area (Å²) in [7, 11) is 5.53. The van der Waals surface area contributed by atoms with Crippen LogP contribution in [0.15, 0.2) is 36.9 Å². The molecule has 0 radical (unpaired) electrons. The number of aromatic nitrogens is 4. The number of hydrogen-bond donors (Lipinski definition) is 0. The molecule has 6 heteroatoms. The molecule has 0 aromatic carbocycles. The minimum Gasteiger partial charge on any atom is -0.478 e. The van der Waals surface area contributed by atoms with E-state index >= 15 is 0 Å². The Morgan fingerprint density at radius 3 is 2.75 bits per heavy atom. The third kappa shape index (κ3) is 1.85. The molecular weight excluding hydrogens is 254 g/mol.